The molecule has 0 aromatic carbocycles. The van der Waals surface area contributed by atoms with Gasteiger partial charge in [0.05, 0.1) is 0 Å². The van der Waals surface area contributed by atoms with Crippen LogP contribution < -0.4 is 10.6 Å². The SMILES string of the molecule is CCC1(CNC(=O)c2cccc(NC)n2)CC1. The van der Waals surface area contributed by atoms with Crippen LogP contribution >= 0.6 is 0 Å². The van der Waals surface area contributed by atoms with Crippen LogP contribution in [0.3, 0.4) is 0 Å². The Morgan fingerprint density at radius 3 is 2.82 bits per heavy atom. The van der Waals surface area contributed by atoms with Gasteiger partial charge in [-0.3, -0.25) is 4.79 Å². The van der Waals surface area contributed by atoms with E-state index in [0.717, 1.165) is 13.0 Å². The van der Waals surface area contributed by atoms with E-state index in [1.54, 1.807) is 13.1 Å². The van der Waals surface area contributed by atoms with Gasteiger partial charge in [0, 0.05) is 13.6 Å². The third-order valence-corrected chi connectivity index (χ3v) is 3.57. The molecule has 0 saturated heterocycles. The molecular weight excluding hydrogens is 214 g/mol. The van der Waals surface area contributed by atoms with Crippen LogP contribution in [0.25, 0.3) is 0 Å². The summed E-state index contributed by atoms with van der Waals surface area (Å²) in [6.45, 7) is 2.95. The lowest BCUT2D eigenvalue weighted by molar-refractivity contribution is 0.0939. The van der Waals surface area contributed by atoms with Crippen molar-refractivity contribution in [3.8, 4) is 0 Å². The molecule has 1 aliphatic carbocycles. The molecule has 0 aliphatic heterocycles. The van der Waals surface area contributed by atoms with Crippen molar-refractivity contribution in [1.82, 2.24) is 10.3 Å². The molecule has 4 heteroatoms. The number of aromatic nitrogens is 1. The van der Waals surface area contributed by atoms with Gasteiger partial charge >= 0.3 is 0 Å². The summed E-state index contributed by atoms with van der Waals surface area (Å²) in [5.41, 5.74) is 0.847. The molecule has 1 aliphatic rings. The van der Waals surface area contributed by atoms with E-state index < -0.39 is 0 Å². The zero-order chi connectivity index (χ0) is 12.3. The topological polar surface area (TPSA) is 54.0 Å². The first kappa shape index (κ1) is 11.9. The summed E-state index contributed by atoms with van der Waals surface area (Å²) in [4.78, 5) is 16.1. The van der Waals surface area contributed by atoms with Gasteiger partial charge < -0.3 is 10.6 Å². The molecule has 17 heavy (non-hydrogen) atoms. The maximum absolute atomic E-state index is 11.9. The number of hydrogen-bond acceptors (Lipinski definition) is 3. The fourth-order valence-electron chi connectivity index (χ4n) is 1.89. The van der Waals surface area contributed by atoms with Crippen LogP contribution in [0.2, 0.25) is 0 Å². The average molecular weight is 233 g/mol. The second kappa shape index (κ2) is 4.73. The third-order valence-electron chi connectivity index (χ3n) is 3.57. The van der Waals surface area contributed by atoms with Crippen molar-refractivity contribution in [2.45, 2.75) is 26.2 Å². The minimum absolute atomic E-state index is 0.0816. The number of rotatable bonds is 5. The highest BCUT2D eigenvalue weighted by molar-refractivity contribution is 5.92. The molecule has 0 bridgehead atoms. The maximum Gasteiger partial charge on any atom is 0.269 e. The number of amides is 1. The van der Waals surface area contributed by atoms with Gasteiger partial charge in [-0.15, -0.1) is 0 Å². The monoisotopic (exact) mass is 233 g/mol. The second-order valence-electron chi connectivity index (χ2n) is 4.69. The van der Waals surface area contributed by atoms with Gasteiger partial charge in [0.25, 0.3) is 5.91 Å². The number of nitrogens with zero attached hydrogens (tertiary/aromatic N) is 1. The van der Waals surface area contributed by atoms with Crippen molar-refractivity contribution in [2.24, 2.45) is 5.41 Å². The smallest absolute Gasteiger partial charge is 0.269 e. The van der Waals surface area contributed by atoms with E-state index in [2.05, 4.69) is 22.5 Å². The van der Waals surface area contributed by atoms with Gasteiger partial charge in [-0.05, 0) is 36.8 Å². The summed E-state index contributed by atoms with van der Waals surface area (Å²) in [6, 6.07) is 5.41. The number of carbonyl (C=O) groups excluding carboxylic acids is 1. The summed E-state index contributed by atoms with van der Waals surface area (Å²) < 4.78 is 0. The molecule has 2 rings (SSSR count). The highest BCUT2D eigenvalue weighted by Gasteiger charge is 2.40. The Kier molecular flexibility index (Phi) is 3.31. The minimum Gasteiger partial charge on any atom is -0.373 e. The molecule has 1 saturated carbocycles. The van der Waals surface area contributed by atoms with Crippen molar-refractivity contribution in [1.29, 1.82) is 0 Å². The molecule has 1 amide bonds. The second-order valence-corrected chi connectivity index (χ2v) is 4.69. The molecule has 92 valence electrons. The zero-order valence-corrected chi connectivity index (χ0v) is 10.4. The van der Waals surface area contributed by atoms with Gasteiger partial charge in [0.15, 0.2) is 0 Å². The van der Waals surface area contributed by atoms with Gasteiger partial charge in [-0.2, -0.15) is 0 Å². The van der Waals surface area contributed by atoms with E-state index >= 15 is 0 Å². The van der Waals surface area contributed by atoms with E-state index in [1.165, 1.54) is 12.8 Å². The van der Waals surface area contributed by atoms with Crippen LogP contribution in [-0.2, 0) is 0 Å². The van der Waals surface area contributed by atoms with Crippen LogP contribution in [0, 0.1) is 5.41 Å². The highest BCUT2D eigenvalue weighted by atomic mass is 16.1. The summed E-state index contributed by atoms with van der Waals surface area (Å²) in [7, 11) is 1.79. The third kappa shape index (κ3) is 2.75. The predicted molar refractivity (Wildman–Crippen MR) is 68.1 cm³/mol. The van der Waals surface area contributed by atoms with E-state index in [9.17, 15) is 4.79 Å². The van der Waals surface area contributed by atoms with E-state index in [-0.39, 0.29) is 5.91 Å². The molecule has 0 unspecified atom stereocenters. The van der Waals surface area contributed by atoms with Crippen LogP contribution in [0.15, 0.2) is 18.2 Å². The normalized spacial score (nSPS) is 16.4. The largest absolute Gasteiger partial charge is 0.373 e. The summed E-state index contributed by atoms with van der Waals surface area (Å²) in [5, 5.41) is 5.90. The number of hydrogen-bond donors (Lipinski definition) is 2. The van der Waals surface area contributed by atoms with Gasteiger partial charge in [-0.1, -0.05) is 13.0 Å². The summed E-state index contributed by atoms with van der Waals surface area (Å²) in [6.07, 6.45) is 3.60. The number of carbonyl (C=O) groups is 1. The molecule has 4 nitrogen and oxygen atoms in total. The molecule has 2 N–H and O–H groups in total. The quantitative estimate of drug-likeness (QED) is 0.818. The van der Waals surface area contributed by atoms with E-state index in [1.807, 2.05) is 12.1 Å². The van der Waals surface area contributed by atoms with E-state index in [0.29, 0.717) is 16.9 Å². The zero-order valence-electron chi connectivity index (χ0n) is 10.4. The first-order valence-electron chi connectivity index (χ1n) is 6.12. The van der Waals surface area contributed by atoms with Crippen LogP contribution in [-0.4, -0.2) is 24.5 Å². The molecule has 1 aromatic rings. The van der Waals surface area contributed by atoms with Gasteiger partial charge in [-0.25, -0.2) is 4.98 Å². The molecule has 0 atom stereocenters. The number of nitrogens with one attached hydrogen (secondary N) is 2. The maximum atomic E-state index is 11.9. The van der Waals surface area contributed by atoms with Crippen molar-refractivity contribution in [3.63, 3.8) is 0 Å². The molecule has 0 spiro atoms. The van der Waals surface area contributed by atoms with Crippen molar-refractivity contribution < 1.29 is 4.79 Å². The molecule has 1 aromatic heterocycles. The predicted octanol–water partition coefficient (Wildman–Crippen LogP) is 2.04. The Morgan fingerprint density at radius 1 is 1.47 bits per heavy atom. The number of anilines is 1. The molecule has 1 heterocycles. The Hall–Kier alpha value is -1.58. The Balaban J connectivity index is 1.95. The molecule has 1 fully saturated rings. The van der Waals surface area contributed by atoms with Crippen molar-refractivity contribution in [3.05, 3.63) is 23.9 Å². The Bertz CT molecular complexity index is 413. The van der Waals surface area contributed by atoms with Crippen LogP contribution in [0.5, 0.6) is 0 Å². The Morgan fingerprint density at radius 2 is 2.24 bits per heavy atom. The lowest BCUT2D eigenvalue weighted by Crippen LogP contribution is -2.30. The summed E-state index contributed by atoms with van der Waals surface area (Å²) >= 11 is 0. The lowest BCUT2D eigenvalue weighted by Gasteiger charge is -2.13. The highest BCUT2D eigenvalue weighted by Crippen LogP contribution is 2.47. The average Bonchev–Trinajstić information content (AvgIpc) is 3.17. The Labute approximate surface area is 102 Å². The minimum atomic E-state index is -0.0816. The lowest BCUT2D eigenvalue weighted by atomic mass is 10.0. The summed E-state index contributed by atoms with van der Waals surface area (Å²) in [5.74, 6) is 0.635. The van der Waals surface area contributed by atoms with Gasteiger partial charge in [0.2, 0.25) is 0 Å². The standard InChI is InChI=1S/C13H19N3O/c1-3-13(7-8-13)9-15-12(17)10-5-4-6-11(14-2)16-10/h4-6H,3,7-9H2,1-2H3,(H,14,16)(H,15,17). The molecular formula is C13H19N3O. The van der Waals surface area contributed by atoms with Crippen LogP contribution in [0.4, 0.5) is 5.82 Å². The van der Waals surface area contributed by atoms with E-state index in [4.69, 9.17) is 0 Å². The number of pyridine rings is 1. The van der Waals surface area contributed by atoms with Gasteiger partial charge in [0.1, 0.15) is 11.5 Å². The van der Waals surface area contributed by atoms with Crippen LogP contribution in [0.1, 0.15) is 36.7 Å². The fraction of sp³-hybridized carbons (Fsp3) is 0.538. The fourth-order valence-corrected chi connectivity index (χ4v) is 1.89. The first-order chi connectivity index (χ1) is 8.19. The first-order valence-corrected chi connectivity index (χ1v) is 6.12. The van der Waals surface area contributed by atoms with Crippen molar-refractivity contribution >= 4 is 11.7 Å². The van der Waals surface area contributed by atoms with Crippen molar-refractivity contribution in [2.75, 3.05) is 18.9 Å². The molecule has 0 radical (unpaired) electrons.